The van der Waals surface area contributed by atoms with Crippen molar-refractivity contribution in [3.8, 4) is 0 Å². The van der Waals surface area contributed by atoms with Crippen LogP contribution in [0.15, 0.2) is 48.5 Å². The minimum atomic E-state index is -2.53. The molecule has 25 heavy (non-hydrogen) atoms. The van der Waals surface area contributed by atoms with E-state index in [1.54, 1.807) is 0 Å². The number of hydrogen-bond acceptors (Lipinski definition) is 2. The van der Waals surface area contributed by atoms with Crippen LogP contribution in [0.2, 0.25) is 0 Å². The molecule has 0 aliphatic carbocycles. The summed E-state index contributed by atoms with van der Waals surface area (Å²) in [6, 6.07) is 18.0. The van der Waals surface area contributed by atoms with E-state index in [9.17, 15) is 0 Å². The third-order valence-electron chi connectivity index (χ3n) is 4.46. The van der Waals surface area contributed by atoms with Gasteiger partial charge in [-0.05, 0) is 0 Å². The van der Waals surface area contributed by atoms with Crippen LogP contribution in [0.5, 0.6) is 0 Å². The van der Waals surface area contributed by atoms with Crippen molar-refractivity contribution in [3.05, 3.63) is 59.7 Å². The van der Waals surface area contributed by atoms with Gasteiger partial charge in [-0.3, -0.25) is 0 Å². The van der Waals surface area contributed by atoms with E-state index in [4.69, 9.17) is 2.81 Å². The van der Waals surface area contributed by atoms with E-state index in [1.165, 1.54) is 17.7 Å². The Bertz CT molecular complexity index is 693. The van der Waals surface area contributed by atoms with E-state index in [-0.39, 0.29) is 11.1 Å². The average molecular weight is 533 g/mol. The SMILES string of the molecule is CC(C)(C)[O][Bi]1[c]2ccccc2CN(C(C)(C)C)Cc2cccc[c]21. The molecule has 0 spiro atoms. The van der Waals surface area contributed by atoms with Crippen LogP contribution in [-0.2, 0) is 15.9 Å². The zero-order valence-electron chi connectivity index (χ0n) is 16.3. The van der Waals surface area contributed by atoms with E-state index >= 15 is 0 Å². The quantitative estimate of drug-likeness (QED) is 0.519. The molecule has 1 heterocycles. The van der Waals surface area contributed by atoms with Crippen LogP contribution < -0.4 is 6.54 Å². The van der Waals surface area contributed by atoms with E-state index in [2.05, 4.69) is 95.0 Å². The van der Waals surface area contributed by atoms with Gasteiger partial charge in [0, 0.05) is 0 Å². The van der Waals surface area contributed by atoms with E-state index < -0.39 is 22.2 Å². The minimum absolute atomic E-state index is 0.110. The Kier molecular flexibility index (Phi) is 5.40. The second-order valence-electron chi connectivity index (χ2n) is 8.78. The predicted molar refractivity (Wildman–Crippen MR) is 108 cm³/mol. The first-order chi connectivity index (χ1) is 11.6. The Morgan fingerprint density at radius 2 is 1.20 bits per heavy atom. The molecule has 0 amide bonds. The summed E-state index contributed by atoms with van der Waals surface area (Å²) in [6.07, 6.45) is 0. The van der Waals surface area contributed by atoms with Gasteiger partial charge in [0.25, 0.3) is 0 Å². The maximum absolute atomic E-state index is 6.77. The molecule has 0 saturated heterocycles. The third-order valence-corrected chi connectivity index (χ3v) is 14.1. The number of benzene rings is 2. The second kappa shape index (κ2) is 7.10. The number of nitrogens with zero attached hydrogens (tertiary/aromatic N) is 1. The molecule has 2 aromatic rings. The molecule has 0 fully saturated rings. The fourth-order valence-electron chi connectivity index (χ4n) is 3.13. The van der Waals surface area contributed by atoms with Crippen LogP contribution in [0.25, 0.3) is 0 Å². The van der Waals surface area contributed by atoms with Crippen molar-refractivity contribution in [2.45, 2.75) is 65.8 Å². The van der Waals surface area contributed by atoms with Gasteiger partial charge in [0.1, 0.15) is 0 Å². The van der Waals surface area contributed by atoms with Crippen molar-refractivity contribution < 1.29 is 2.81 Å². The van der Waals surface area contributed by atoms with Crippen LogP contribution in [0, 0.1) is 0 Å². The predicted octanol–water partition coefficient (Wildman–Crippen LogP) is 3.72. The van der Waals surface area contributed by atoms with Gasteiger partial charge in [-0.2, -0.15) is 0 Å². The molecule has 0 bridgehead atoms. The molecule has 0 N–H and O–H groups in total. The van der Waals surface area contributed by atoms with Crippen LogP contribution in [0.4, 0.5) is 0 Å². The molecular weight excluding hydrogens is 503 g/mol. The summed E-state index contributed by atoms with van der Waals surface area (Å²) in [5, 5.41) is 0. The molecule has 1 aliphatic rings. The fourth-order valence-corrected chi connectivity index (χ4v) is 11.9. The fraction of sp³-hybridized carbons (Fsp3) is 0.455. The summed E-state index contributed by atoms with van der Waals surface area (Å²) >= 11 is -2.53. The monoisotopic (exact) mass is 533 g/mol. The van der Waals surface area contributed by atoms with Gasteiger partial charge < -0.3 is 0 Å². The first kappa shape index (κ1) is 19.0. The second-order valence-corrected chi connectivity index (χ2v) is 15.5. The van der Waals surface area contributed by atoms with E-state index in [0.717, 1.165) is 13.1 Å². The van der Waals surface area contributed by atoms with Crippen LogP contribution in [0.1, 0.15) is 52.7 Å². The van der Waals surface area contributed by atoms with Crippen molar-refractivity contribution in [2.75, 3.05) is 0 Å². The number of fused-ring (bicyclic) bond motifs is 2. The van der Waals surface area contributed by atoms with Crippen molar-refractivity contribution in [1.29, 1.82) is 0 Å². The molecule has 0 radical (unpaired) electrons. The molecule has 0 unspecified atom stereocenters. The maximum atomic E-state index is 6.77. The average Bonchev–Trinajstić information content (AvgIpc) is 2.50. The molecular formula is C22H30BiNO. The van der Waals surface area contributed by atoms with Crippen LogP contribution >= 0.6 is 0 Å². The molecule has 1 aliphatic heterocycles. The molecule has 134 valence electrons. The van der Waals surface area contributed by atoms with E-state index in [0.29, 0.717) is 0 Å². The van der Waals surface area contributed by atoms with Gasteiger partial charge in [-0.1, -0.05) is 0 Å². The Balaban J connectivity index is 2.18. The summed E-state index contributed by atoms with van der Waals surface area (Å²) in [6.45, 7) is 15.5. The van der Waals surface area contributed by atoms with E-state index in [1.807, 2.05) is 0 Å². The summed E-state index contributed by atoms with van der Waals surface area (Å²) in [4.78, 5) is 2.59. The zero-order chi connectivity index (χ0) is 18.2. The van der Waals surface area contributed by atoms with Gasteiger partial charge in [0.05, 0.1) is 0 Å². The molecule has 0 atom stereocenters. The Morgan fingerprint density at radius 3 is 1.60 bits per heavy atom. The van der Waals surface area contributed by atoms with Crippen molar-refractivity contribution in [3.63, 3.8) is 0 Å². The van der Waals surface area contributed by atoms with Crippen molar-refractivity contribution >= 4 is 28.7 Å². The van der Waals surface area contributed by atoms with Gasteiger partial charge in [0.2, 0.25) is 0 Å². The number of rotatable bonds is 1. The molecule has 2 aromatic carbocycles. The topological polar surface area (TPSA) is 12.5 Å². The van der Waals surface area contributed by atoms with Gasteiger partial charge in [-0.15, -0.1) is 0 Å². The summed E-state index contributed by atoms with van der Waals surface area (Å²) in [7, 11) is 0. The first-order valence-electron chi connectivity index (χ1n) is 9.05. The van der Waals surface area contributed by atoms with Gasteiger partial charge in [-0.25, -0.2) is 0 Å². The van der Waals surface area contributed by atoms with Crippen molar-refractivity contribution in [1.82, 2.24) is 4.90 Å². The summed E-state index contributed by atoms with van der Waals surface area (Å²) in [5.74, 6) is 0. The molecule has 0 saturated carbocycles. The molecule has 0 aromatic heterocycles. The Hall–Kier alpha value is -0.757. The molecule has 3 heteroatoms. The molecule has 3 rings (SSSR count). The van der Waals surface area contributed by atoms with Crippen LogP contribution in [0.3, 0.4) is 0 Å². The first-order valence-corrected chi connectivity index (χ1v) is 13.9. The van der Waals surface area contributed by atoms with Gasteiger partial charge >= 0.3 is 162 Å². The standard InChI is InChI=1S/C18H21N.C4H9O.Bi/c1-18(2,3)19(14-16-10-6-4-7-11-16)15-17-12-8-5-9-13-17;1-4(2,3)5;/h4-10,12H,14-15H2,1-3H3;1-3H3;/q;-1;+1. The van der Waals surface area contributed by atoms with Gasteiger partial charge in [0.15, 0.2) is 0 Å². The Labute approximate surface area is 161 Å². The summed E-state index contributed by atoms with van der Waals surface area (Å²) < 4.78 is 9.76. The number of hydrogen-bond donors (Lipinski definition) is 0. The Morgan fingerprint density at radius 1 is 0.760 bits per heavy atom. The molecule has 2 nitrogen and oxygen atoms in total. The third kappa shape index (κ3) is 4.51. The normalized spacial score (nSPS) is 16.7. The van der Waals surface area contributed by atoms with Crippen LogP contribution in [-0.4, -0.2) is 38.2 Å². The van der Waals surface area contributed by atoms with Crippen molar-refractivity contribution in [2.24, 2.45) is 0 Å². The zero-order valence-corrected chi connectivity index (χ0v) is 19.8. The summed E-state index contributed by atoms with van der Waals surface area (Å²) in [5.41, 5.74) is 2.93.